The van der Waals surface area contributed by atoms with Gasteiger partial charge in [-0.1, -0.05) is 18.2 Å². The van der Waals surface area contributed by atoms with Gasteiger partial charge in [0.1, 0.15) is 0 Å². The number of piperazine rings is 1. The topological polar surface area (TPSA) is 82.5 Å². The largest absolute Gasteiger partial charge is 0.346 e. The van der Waals surface area contributed by atoms with E-state index in [1.165, 1.54) is 5.69 Å². The van der Waals surface area contributed by atoms with Crippen molar-refractivity contribution >= 4 is 28.5 Å². The third-order valence-corrected chi connectivity index (χ3v) is 6.05. The Morgan fingerprint density at radius 3 is 2.56 bits per heavy atom. The van der Waals surface area contributed by atoms with Gasteiger partial charge in [-0.05, 0) is 30.7 Å². The summed E-state index contributed by atoms with van der Waals surface area (Å²) in [6.07, 6.45) is 1.65. The monoisotopic (exact) mass is 434 g/mol. The lowest BCUT2D eigenvalue weighted by molar-refractivity contribution is -0.130. The zero-order chi connectivity index (χ0) is 22.7. The second-order valence-corrected chi connectivity index (χ2v) is 8.33. The van der Waals surface area contributed by atoms with Crippen molar-refractivity contribution in [2.75, 3.05) is 31.5 Å². The van der Waals surface area contributed by atoms with Crippen molar-refractivity contribution in [3.05, 3.63) is 59.5 Å². The van der Waals surface area contributed by atoms with E-state index in [1.807, 2.05) is 36.1 Å². The summed E-state index contributed by atoms with van der Waals surface area (Å²) in [5.41, 5.74) is 4.98. The Morgan fingerprint density at radius 2 is 1.88 bits per heavy atom. The molecule has 4 rings (SSSR count). The van der Waals surface area contributed by atoms with Crippen molar-refractivity contribution in [3.8, 4) is 0 Å². The Hall–Kier alpha value is -3.39. The molecule has 0 radical (unpaired) electrons. The minimum absolute atomic E-state index is 0.147. The molecule has 0 unspecified atom stereocenters. The van der Waals surface area contributed by atoms with E-state index < -0.39 is 0 Å². The molecular weight excluding hydrogens is 404 g/mol. The van der Waals surface area contributed by atoms with E-state index in [9.17, 15) is 9.59 Å². The Kier molecular flexibility index (Phi) is 6.41. The van der Waals surface area contributed by atoms with Crippen LogP contribution in [0.4, 0.5) is 10.5 Å². The maximum absolute atomic E-state index is 12.3. The summed E-state index contributed by atoms with van der Waals surface area (Å²) in [6, 6.07) is 11.8. The fourth-order valence-corrected chi connectivity index (χ4v) is 4.19. The number of aromatic nitrogens is 2. The first-order chi connectivity index (χ1) is 15.4. The lowest BCUT2D eigenvalue weighted by Gasteiger charge is -2.34. The standard InChI is InChI=1S/C24H30N6O2/c1-17-7-8-21(15-25-17)27-24(32)26-14-20-6-4-5-19-13-22(28(3)23(19)20)16-29-9-11-30(12-10-29)18(2)31/h4-8,13,15H,9-12,14,16H2,1-3H3,(H2,26,27,32). The van der Waals surface area contributed by atoms with Gasteiger partial charge in [-0.3, -0.25) is 14.7 Å². The summed E-state index contributed by atoms with van der Waals surface area (Å²) in [4.78, 5) is 32.4. The Bertz CT molecular complexity index is 1110. The van der Waals surface area contributed by atoms with Crippen molar-refractivity contribution in [3.63, 3.8) is 0 Å². The number of carbonyl (C=O) groups is 2. The molecule has 32 heavy (non-hydrogen) atoms. The van der Waals surface area contributed by atoms with Gasteiger partial charge in [0.25, 0.3) is 0 Å². The Morgan fingerprint density at radius 1 is 1.09 bits per heavy atom. The molecular formula is C24H30N6O2. The third-order valence-electron chi connectivity index (χ3n) is 6.05. The van der Waals surface area contributed by atoms with Gasteiger partial charge in [0.2, 0.25) is 5.91 Å². The van der Waals surface area contributed by atoms with Gasteiger partial charge >= 0.3 is 6.03 Å². The van der Waals surface area contributed by atoms with E-state index in [0.717, 1.165) is 54.9 Å². The molecule has 0 atom stereocenters. The number of nitrogens with one attached hydrogen (secondary N) is 2. The van der Waals surface area contributed by atoms with Crippen molar-refractivity contribution < 1.29 is 9.59 Å². The number of carbonyl (C=O) groups excluding carboxylic acids is 2. The van der Waals surface area contributed by atoms with Crippen LogP contribution >= 0.6 is 0 Å². The van der Waals surface area contributed by atoms with E-state index in [1.54, 1.807) is 13.1 Å². The lowest BCUT2D eigenvalue weighted by Crippen LogP contribution is -2.47. The van der Waals surface area contributed by atoms with Gasteiger partial charge in [-0.15, -0.1) is 0 Å². The lowest BCUT2D eigenvalue weighted by atomic mass is 10.1. The molecule has 1 aliphatic rings. The molecule has 3 heterocycles. The minimum Gasteiger partial charge on any atom is -0.346 e. The van der Waals surface area contributed by atoms with Gasteiger partial charge in [0, 0.05) is 70.0 Å². The van der Waals surface area contributed by atoms with E-state index in [0.29, 0.717) is 12.2 Å². The molecule has 1 aromatic carbocycles. The molecule has 1 saturated heterocycles. The number of benzene rings is 1. The highest BCUT2D eigenvalue weighted by atomic mass is 16.2. The van der Waals surface area contributed by atoms with Gasteiger partial charge < -0.3 is 20.1 Å². The van der Waals surface area contributed by atoms with Gasteiger partial charge in [-0.2, -0.15) is 0 Å². The number of para-hydroxylation sites is 1. The zero-order valence-electron chi connectivity index (χ0n) is 18.9. The molecule has 3 amide bonds. The molecule has 0 bridgehead atoms. The highest BCUT2D eigenvalue weighted by Gasteiger charge is 2.20. The molecule has 8 nitrogen and oxygen atoms in total. The van der Waals surface area contributed by atoms with Crippen LogP contribution in [0, 0.1) is 6.92 Å². The van der Waals surface area contributed by atoms with Crippen molar-refractivity contribution in [1.82, 2.24) is 24.7 Å². The number of aryl methyl sites for hydroxylation is 2. The highest BCUT2D eigenvalue weighted by molar-refractivity contribution is 5.90. The Labute approximate surface area is 188 Å². The predicted octanol–water partition coefficient (Wildman–Crippen LogP) is 2.87. The minimum atomic E-state index is -0.259. The number of amides is 3. The molecule has 0 spiro atoms. The molecule has 0 saturated carbocycles. The summed E-state index contributed by atoms with van der Waals surface area (Å²) >= 11 is 0. The molecule has 168 valence electrons. The molecule has 8 heteroatoms. The second-order valence-electron chi connectivity index (χ2n) is 8.33. The number of hydrogen-bond acceptors (Lipinski definition) is 4. The first-order valence-electron chi connectivity index (χ1n) is 10.9. The summed E-state index contributed by atoms with van der Waals surface area (Å²) in [6.45, 7) is 8.12. The molecule has 3 aromatic rings. The summed E-state index contributed by atoms with van der Waals surface area (Å²) < 4.78 is 2.21. The number of nitrogens with zero attached hydrogens (tertiary/aromatic N) is 4. The maximum atomic E-state index is 12.3. The maximum Gasteiger partial charge on any atom is 0.319 e. The molecule has 2 N–H and O–H groups in total. The molecule has 1 fully saturated rings. The zero-order valence-corrected chi connectivity index (χ0v) is 18.9. The summed E-state index contributed by atoms with van der Waals surface area (Å²) in [7, 11) is 2.07. The first kappa shape index (κ1) is 21.8. The summed E-state index contributed by atoms with van der Waals surface area (Å²) in [5, 5.41) is 6.93. The van der Waals surface area contributed by atoms with Crippen LogP contribution in [-0.2, 0) is 24.9 Å². The second kappa shape index (κ2) is 9.40. The quantitative estimate of drug-likeness (QED) is 0.647. The number of pyridine rings is 1. The number of anilines is 1. The molecule has 0 aliphatic carbocycles. The predicted molar refractivity (Wildman–Crippen MR) is 125 cm³/mol. The van der Waals surface area contributed by atoms with E-state index in [-0.39, 0.29) is 11.9 Å². The van der Waals surface area contributed by atoms with Crippen molar-refractivity contribution in [2.24, 2.45) is 7.05 Å². The van der Waals surface area contributed by atoms with Crippen molar-refractivity contribution in [2.45, 2.75) is 26.9 Å². The van der Waals surface area contributed by atoms with E-state index >= 15 is 0 Å². The van der Waals surface area contributed by atoms with Crippen LogP contribution in [-0.4, -0.2) is 57.5 Å². The van der Waals surface area contributed by atoms with Crippen LogP contribution in [0.2, 0.25) is 0 Å². The fourth-order valence-electron chi connectivity index (χ4n) is 4.19. The van der Waals surface area contributed by atoms with E-state index in [4.69, 9.17) is 0 Å². The molecule has 2 aromatic heterocycles. The van der Waals surface area contributed by atoms with Crippen molar-refractivity contribution in [1.29, 1.82) is 0 Å². The normalized spacial score (nSPS) is 14.5. The van der Waals surface area contributed by atoms with Crippen LogP contribution in [0.3, 0.4) is 0 Å². The number of urea groups is 1. The highest BCUT2D eigenvalue weighted by Crippen LogP contribution is 2.24. The van der Waals surface area contributed by atoms with Crippen LogP contribution < -0.4 is 10.6 Å². The molecule has 1 aliphatic heterocycles. The Balaban J connectivity index is 1.42. The van der Waals surface area contributed by atoms with Gasteiger partial charge in [0.05, 0.1) is 17.4 Å². The smallest absolute Gasteiger partial charge is 0.319 e. The van der Waals surface area contributed by atoms with Crippen LogP contribution in [0.15, 0.2) is 42.6 Å². The first-order valence-corrected chi connectivity index (χ1v) is 10.9. The number of fused-ring (bicyclic) bond motifs is 1. The summed E-state index contributed by atoms with van der Waals surface area (Å²) in [5.74, 6) is 0.147. The number of rotatable bonds is 5. The SMILES string of the molecule is CC(=O)N1CCN(Cc2cc3cccc(CNC(=O)Nc4ccc(C)nc4)c3n2C)CC1. The fraction of sp³-hybridized carbons (Fsp3) is 0.375. The average Bonchev–Trinajstić information content (AvgIpc) is 3.10. The van der Waals surface area contributed by atoms with Crippen LogP contribution in [0.1, 0.15) is 23.9 Å². The number of hydrogen-bond donors (Lipinski definition) is 2. The van der Waals surface area contributed by atoms with Crippen LogP contribution in [0.25, 0.3) is 10.9 Å². The third kappa shape index (κ3) is 4.91. The van der Waals surface area contributed by atoms with Crippen LogP contribution in [0.5, 0.6) is 0 Å². The average molecular weight is 435 g/mol. The van der Waals surface area contributed by atoms with E-state index in [2.05, 4.69) is 44.3 Å². The van der Waals surface area contributed by atoms with Gasteiger partial charge in [-0.25, -0.2) is 4.79 Å². The van der Waals surface area contributed by atoms with Gasteiger partial charge in [0.15, 0.2) is 0 Å².